The lowest BCUT2D eigenvalue weighted by molar-refractivity contribution is 0.601. The number of anilines is 4. The van der Waals surface area contributed by atoms with Gasteiger partial charge in [-0.25, -0.2) is 8.42 Å². The van der Waals surface area contributed by atoms with E-state index in [1.165, 1.54) is 30.3 Å². The molecule has 2 aromatic rings. The highest BCUT2D eigenvalue weighted by Crippen LogP contribution is 2.19. The molecule has 0 amide bonds. The highest BCUT2D eigenvalue weighted by atomic mass is 32.2. The SMILES string of the molecule is CCNc1nc(NC)cc(NS(=O)(=O)c2ccc(N)cc2)n1. The topological polar surface area (TPSA) is 122 Å². The Labute approximate surface area is 129 Å². The molecular weight excluding hydrogens is 304 g/mol. The summed E-state index contributed by atoms with van der Waals surface area (Å²) in [6.07, 6.45) is 0. The third-order valence-corrected chi connectivity index (χ3v) is 4.12. The van der Waals surface area contributed by atoms with E-state index in [0.29, 0.717) is 24.0 Å². The van der Waals surface area contributed by atoms with E-state index in [2.05, 4.69) is 25.3 Å². The molecule has 0 fully saturated rings. The molecule has 1 heterocycles. The van der Waals surface area contributed by atoms with Crippen molar-refractivity contribution < 1.29 is 8.42 Å². The Morgan fingerprint density at radius 1 is 1.14 bits per heavy atom. The number of nitrogens with two attached hydrogens (primary N) is 1. The Balaban J connectivity index is 2.32. The van der Waals surface area contributed by atoms with Crippen LogP contribution >= 0.6 is 0 Å². The number of nitrogen functional groups attached to an aromatic ring is 1. The van der Waals surface area contributed by atoms with Crippen LogP contribution in [-0.2, 0) is 10.0 Å². The Bertz CT molecular complexity index is 746. The van der Waals surface area contributed by atoms with Crippen LogP contribution in [0.4, 0.5) is 23.3 Å². The van der Waals surface area contributed by atoms with E-state index in [-0.39, 0.29) is 10.7 Å². The van der Waals surface area contributed by atoms with Crippen LogP contribution in [0.1, 0.15) is 6.92 Å². The summed E-state index contributed by atoms with van der Waals surface area (Å²) in [5.41, 5.74) is 6.05. The molecule has 0 aliphatic heterocycles. The summed E-state index contributed by atoms with van der Waals surface area (Å²) in [6, 6.07) is 7.43. The molecule has 1 aromatic heterocycles. The van der Waals surface area contributed by atoms with Gasteiger partial charge >= 0.3 is 0 Å². The minimum absolute atomic E-state index is 0.108. The summed E-state index contributed by atoms with van der Waals surface area (Å²) >= 11 is 0. The van der Waals surface area contributed by atoms with Gasteiger partial charge in [-0.15, -0.1) is 0 Å². The van der Waals surface area contributed by atoms with Crippen molar-refractivity contribution in [1.29, 1.82) is 0 Å². The first-order chi connectivity index (χ1) is 10.4. The summed E-state index contributed by atoms with van der Waals surface area (Å²) < 4.78 is 27.1. The first-order valence-electron chi connectivity index (χ1n) is 6.63. The maximum Gasteiger partial charge on any atom is 0.263 e. The number of hydrogen-bond donors (Lipinski definition) is 4. The molecular formula is C13H18N6O2S. The maximum absolute atomic E-state index is 12.3. The molecule has 118 valence electrons. The normalized spacial score (nSPS) is 11.0. The number of aromatic nitrogens is 2. The van der Waals surface area contributed by atoms with Crippen molar-refractivity contribution in [3.8, 4) is 0 Å². The first-order valence-corrected chi connectivity index (χ1v) is 8.12. The van der Waals surface area contributed by atoms with Crippen molar-refractivity contribution in [2.45, 2.75) is 11.8 Å². The monoisotopic (exact) mass is 322 g/mol. The minimum Gasteiger partial charge on any atom is -0.399 e. The van der Waals surface area contributed by atoms with Crippen LogP contribution < -0.4 is 21.1 Å². The van der Waals surface area contributed by atoms with Gasteiger partial charge in [0.05, 0.1) is 4.90 Å². The van der Waals surface area contributed by atoms with Crippen LogP contribution in [-0.4, -0.2) is 32.0 Å². The van der Waals surface area contributed by atoms with Crippen LogP contribution in [0.5, 0.6) is 0 Å². The summed E-state index contributed by atoms with van der Waals surface area (Å²) in [7, 11) is -2.05. The molecule has 0 radical (unpaired) electrons. The number of rotatable bonds is 6. The quantitative estimate of drug-likeness (QED) is 0.592. The van der Waals surface area contributed by atoms with Crippen molar-refractivity contribution >= 4 is 33.3 Å². The average molecular weight is 322 g/mol. The molecule has 0 bridgehead atoms. The lowest BCUT2D eigenvalue weighted by Gasteiger charge is -2.11. The van der Waals surface area contributed by atoms with E-state index >= 15 is 0 Å². The maximum atomic E-state index is 12.3. The second-order valence-electron chi connectivity index (χ2n) is 4.42. The van der Waals surface area contributed by atoms with Gasteiger partial charge in [0.15, 0.2) is 0 Å². The Kier molecular flexibility index (Phi) is 4.66. The van der Waals surface area contributed by atoms with Gasteiger partial charge in [-0.2, -0.15) is 9.97 Å². The Hall–Kier alpha value is -2.55. The van der Waals surface area contributed by atoms with E-state index in [1.54, 1.807) is 7.05 Å². The molecule has 1 aromatic carbocycles. The van der Waals surface area contributed by atoms with Gasteiger partial charge in [0.1, 0.15) is 11.6 Å². The van der Waals surface area contributed by atoms with Crippen molar-refractivity contribution in [2.75, 3.05) is 34.7 Å². The second-order valence-corrected chi connectivity index (χ2v) is 6.10. The van der Waals surface area contributed by atoms with Crippen molar-refractivity contribution in [3.63, 3.8) is 0 Å². The van der Waals surface area contributed by atoms with Gasteiger partial charge in [0, 0.05) is 25.3 Å². The molecule has 0 aliphatic carbocycles. The third kappa shape index (κ3) is 3.76. The predicted octanol–water partition coefficient (Wildman–Crippen LogP) is 1.33. The molecule has 2 rings (SSSR count). The van der Waals surface area contributed by atoms with E-state index in [0.717, 1.165) is 0 Å². The fourth-order valence-corrected chi connectivity index (χ4v) is 2.70. The zero-order chi connectivity index (χ0) is 16.2. The lowest BCUT2D eigenvalue weighted by Crippen LogP contribution is -2.15. The van der Waals surface area contributed by atoms with Crippen molar-refractivity contribution in [1.82, 2.24) is 9.97 Å². The Morgan fingerprint density at radius 3 is 2.36 bits per heavy atom. The van der Waals surface area contributed by atoms with E-state index in [9.17, 15) is 8.42 Å². The van der Waals surface area contributed by atoms with Gasteiger partial charge in [-0.3, -0.25) is 4.72 Å². The minimum atomic E-state index is -3.74. The summed E-state index contributed by atoms with van der Waals surface area (Å²) in [5.74, 6) is 1.01. The number of sulfonamides is 1. The molecule has 0 spiro atoms. The van der Waals surface area contributed by atoms with E-state index in [4.69, 9.17) is 5.73 Å². The molecule has 8 nitrogen and oxygen atoms in total. The largest absolute Gasteiger partial charge is 0.399 e. The summed E-state index contributed by atoms with van der Waals surface area (Å²) in [6.45, 7) is 2.52. The summed E-state index contributed by atoms with van der Waals surface area (Å²) in [4.78, 5) is 8.40. The second kappa shape index (κ2) is 6.48. The molecule has 5 N–H and O–H groups in total. The van der Waals surface area contributed by atoms with Gasteiger partial charge in [-0.1, -0.05) is 0 Å². The van der Waals surface area contributed by atoms with Crippen LogP contribution in [0, 0.1) is 0 Å². The van der Waals surface area contributed by atoms with E-state index < -0.39 is 10.0 Å². The van der Waals surface area contributed by atoms with E-state index in [1.807, 2.05) is 6.92 Å². The van der Waals surface area contributed by atoms with Gasteiger partial charge in [-0.05, 0) is 31.2 Å². The average Bonchev–Trinajstić information content (AvgIpc) is 2.47. The van der Waals surface area contributed by atoms with Gasteiger partial charge in [0.25, 0.3) is 10.0 Å². The first kappa shape index (κ1) is 15.8. The zero-order valence-corrected chi connectivity index (χ0v) is 13.1. The smallest absolute Gasteiger partial charge is 0.263 e. The molecule has 0 saturated carbocycles. The van der Waals surface area contributed by atoms with Crippen LogP contribution in [0.3, 0.4) is 0 Å². The zero-order valence-electron chi connectivity index (χ0n) is 12.3. The highest BCUT2D eigenvalue weighted by Gasteiger charge is 2.16. The molecule has 9 heteroatoms. The van der Waals surface area contributed by atoms with Gasteiger partial charge < -0.3 is 16.4 Å². The molecule has 0 aliphatic rings. The third-order valence-electron chi connectivity index (χ3n) is 2.75. The standard InChI is InChI=1S/C13H18N6O2S/c1-3-16-13-17-11(15-2)8-12(18-13)19-22(20,21)10-6-4-9(14)5-7-10/h4-8H,3,14H2,1-2H3,(H3,15,16,17,18,19). The number of nitrogens with zero attached hydrogens (tertiary/aromatic N) is 2. The highest BCUT2D eigenvalue weighted by molar-refractivity contribution is 7.92. The fourth-order valence-electron chi connectivity index (χ4n) is 1.71. The molecule has 0 unspecified atom stereocenters. The number of hydrogen-bond acceptors (Lipinski definition) is 7. The molecule has 0 saturated heterocycles. The van der Waals surface area contributed by atoms with Crippen LogP contribution in [0.2, 0.25) is 0 Å². The number of benzene rings is 1. The summed E-state index contributed by atoms with van der Waals surface area (Å²) in [5, 5.41) is 5.80. The predicted molar refractivity (Wildman–Crippen MR) is 87.4 cm³/mol. The fraction of sp³-hybridized carbons (Fsp3) is 0.231. The number of nitrogens with one attached hydrogen (secondary N) is 3. The molecule has 22 heavy (non-hydrogen) atoms. The Morgan fingerprint density at radius 2 is 1.77 bits per heavy atom. The van der Waals surface area contributed by atoms with Crippen LogP contribution in [0.15, 0.2) is 35.2 Å². The van der Waals surface area contributed by atoms with Crippen molar-refractivity contribution in [2.24, 2.45) is 0 Å². The van der Waals surface area contributed by atoms with Crippen molar-refractivity contribution in [3.05, 3.63) is 30.3 Å². The van der Waals surface area contributed by atoms with Gasteiger partial charge in [0.2, 0.25) is 5.95 Å². The lowest BCUT2D eigenvalue weighted by atomic mass is 10.3. The van der Waals surface area contributed by atoms with Crippen LogP contribution in [0.25, 0.3) is 0 Å². The molecule has 0 atom stereocenters.